The van der Waals surface area contributed by atoms with E-state index in [4.69, 9.17) is 33.7 Å². The van der Waals surface area contributed by atoms with Gasteiger partial charge < -0.3 is 20.3 Å². The second-order valence-electron chi connectivity index (χ2n) is 6.78. The molecule has 3 rings (SSSR count). The van der Waals surface area contributed by atoms with Crippen LogP contribution >= 0.6 is 35.0 Å². The second kappa shape index (κ2) is 11.5. The predicted octanol–water partition coefficient (Wildman–Crippen LogP) is 4.83. The maximum absolute atomic E-state index is 11.3. The highest BCUT2D eigenvalue weighted by Crippen LogP contribution is 2.45. The molecule has 0 saturated heterocycles. The van der Waals surface area contributed by atoms with Crippen molar-refractivity contribution in [2.75, 3.05) is 48.3 Å². The molecule has 2 N–H and O–H groups in total. The van der Waals surface area contributed by atoms with Gasteiger partial charge in [0.05, 0.1) is 18.5 Å². The van der Waals surface area contributed by atoms with Crippen LogP contribution in [0.4, 0.5) is 17.1 Å². The van der Waals surface area contributed by atoms with Crippen molar-refractivity contribution in [1.82, 2.24) is 0 Å². The zero-order chi connectivity index (χ0) is 22.2. The van der Waals surface area contributed by atoms with Gasteiger partial charge >= 0.3 is 0 Å². The average Bonchev–Trinajstić information content (AvgIpc) is 3.13. The number of alkyl halides is 2. The summed E-state index contributed by atoms with van der Waals surface area (Å²) in [5.74, 6) is 1.48. The average molecular weight is 482 g/mol. The largest absolute Gasteiger partial charge is 0.497 e. The van der Waals surface area contributed by atoms with Gasteiger partial charge in [0.15, 0.2) is 5.50 Å². The van der Waals surface area contributed by atoms with Crippen LogP contribution in [0.5, 0.6) is 5.75 Å². The summed E-state index contributed by atoms with van der Waals surface area (Å²) in [4.78, 5) is 16.5. The number of nitrogens with zero attached hydrogens (tertiary/aromatic N) is 4. The van der Waals surface area contributed by atoms with Gasteiger partial charge in [-0.2, -0.15) is 10.2 Å². The van der Waals surface area contributed by atoms with E-state index in [0.29, 0.717) is 18.3 Å². The van der Waals surface area contributed by atoms with Crippen LogP contribution in [-0.2, 0) is 4.79 Å². The van der Waals surface area contributed by atoms with E-state index in [9.17, 15) is 4.79 Å². The number of ether oxygens (including phenoxy) is 1. The van der Waals surface area contributed by atoms with Crippen LogP contribution in [-0.4, -0.2) is 49.9 Å². The number of primary amides is 1. The summed E-state index contributed by atoms with van der Waals surface area (Å²) in [6.45, 7) is 1.92. The van der Waals surface area contributed by atoms with Gasteiger partial charge in [-0.05, 0) is 42.5 Å². The van der Waals surface area contributed by atoms with Crippen LogP contribution < -0.4 is 20.3 Å². The number of fused-ring (bicyclic) bond motifs is 1. The molecule has 1 unspecified atom stereocenters. The maximum atomic E-state index is 11.3. The van der Waals surface area contributed by atoms with Gasteiger partial charge in [0.1, 0.15) is 5.75 Å². The number of azo groups is 1. The SMILES string of the molecule is COc1ccc2c(c1)SC(N=Nc1ccc(N(CCCl)CCCl)cc1)N2CCC(N)=O. The second-order valence-corrected chi connectivity index (χ2v) is 8.64. The number of hydrogen-bond donors (Lipinski definition) is 1. The molecule has 2 aromatic rings. The molecule has 1 heterocycles. The van der Waals surface area contributed by atoms with E-state index in [1.165, 1.54) is 0 Å². The minimum absolute atomic E-state index is 0.240. The monoisotopic (exact) mass is 481 g/mol. The number of carbonyl (C=O) groups is 1. The first-order chi connectivity index (χ1) is 15.0. The van der Waals surface area contributed by atoms with Crippen molar-refractivity contribution in [1.29, 1.82) is 0 Å². The molecule has 0 radical (unpaired) electrons. The topological polar surface area (TPSA) is 83.5 Å². The predicted molar refractivity (Wildman–Crippen MR) is 128 cm³/mol. The molecule has 1 atom stereocenters. The summed E-state index contributed by atoms with van der Waals surface area (Å²) in [5, 5.41) is 8.96. The van der Waals surface area contributed by atoms with Crippen molar-refractivity contribution < 1.29 is 9.53 Å². The standard InChI is InChI=1S/C21H25Cl2N5O2S/c1-30-17-6-7-18-19(14-17)31-21(28(18)11-8-20(24)29)26-25-15-2-4-16(5-3-15)27(12-9-22)13-10-23/h2-7,14,21H,8-13H2,1H3,(H2,24,29). The lowest BCUT2D eigenvalue weighted by atomic mass is 10.2. The number of rotatable bonds is 11. The number of thioether (sulfide) groups is 1. The molecule has 0 aromatic heterocycles. The molecular formula is C21H25Cl2N5O2S. The van der Waals surface area contributed by atoms with Crippen molar-refractivity contribution in [2.45, 2.75) is 16.8 Å². The molecule has 1 aliphatic rings. The van der Waals surface area contributed by atoms with Crippen molar-refractivity contribution >= 4 is 57.9 Å². The summed E-state index contributed by atoms with van der Waals surface area (Å²) in [5.41, 5.74) is 7.84. The quantitative estimate of drug-likeness (QED) is 0.366. The van der Waals surface area contributed by atoms with Gasteiger partial charge in [-0.3, -0.25) is 4.79 Å². The highest BCUT2D eigenvalue weighted by atomic mass is 35.5. The van der Waals surface area contributed by atoms with Crippen molar-refractivity contribution in [3.8, 4) is 5.75 Å². The number of hydrogen-bond acceptors (Lipinski definition) is 7. The van der Waals surface area contributed by atoms with E-state index >= 15 is 0 Å². The van der Waals surface area contributed by atoms with Gasteiger partial charge in [-0.1, -0.05) is 11.8 Å². The third-order valence-electron chi connectivity index (χ3n) is 4.77. The molecule has 0 saturated carbocycles. The van der Waals surface area contributed by atoms with Gasteiger partial charge in [0, 0.05) is 48.4 Å². The molecule has 166 valence electrons. The van der Waals surface area contributed by atoms with Gasteiger partial charge in [0.2, 0.25) is 5.91 Å². The zero-order valence-electron chi connectivity index (χ0n) is 17.2. The van der Waals surface area contributed by atoms with E-state index < -0.39 is 0 Å². The van der Waals surface area contributed by atoms with Gasteiger partial charge in [-0.15, -0.1) is 23.2 Å². The Labute approximate surface area is 196 Å². The Morgan fingerprint density at radius 3 is 2.52 bits per heavy atom. The number of amides is 1. The summed E-state index contributed by atoms with van der Waals surface area (Å²) in [7, 11) is 1.63. The Bertz CT molecular complexity index is 907. The number of carbonyl (C=O) groups excluding carboxylic acids is 1. The van der Waals surface area contributed by atoms with Crippen LogP contribution in [0.2, 0.25) is 0 Å². The first-order valence-corrected chi connectivity index (χ1v) is 11.8. The summed E-state index contributed by atoms with van der Waals surface area (Å²) in [6.07, 6.45) is 0.240. The van der Waals surface area contributed by atoms with E-state index in [-0.39, 0.29) is 17.8 Å². The number of methoxy groups -OCH3 is 1. The number of halogens is 2. The molecule has 0 fully saturated rings. The first kappa shape index (κ1) is 23.5. The lowest BCUT2D eigenvalue weighted by Gasteiger charge is -2.23. The fraction of sp³-hybridized carbons (Fsp3) is 0.381. The third kappa shape index (κ3) is 6.18. The maximum Gasteiger partial charge on any atom is 0.219 e. The number of anilines is 2. The van der Waals surface area contributed by atoms with Crippen molar-refractivity contribution in [3.63, 3.8) is 0 Å². The van der Waals surface area contributed by atoms with Crippen LogP contribution in [0.1, 0.15) is 6.42 Å². The Balaban J connectivity index is 1.75. The van der Waals surface area contributed by atoms with Crippen molar-refractivity contribution in [2.24, 2.45) is 16.0 Å². The number of benzene rings is 2. The zero-order valence-corrected chi connectivity index (χ0v) is 19.5. The van der Waals surface area contributed by atoms with Crippen LogP contribution in [0.3, 0.4) is 0 Å². The lowest BCUT2D eigenvalue weighted by molar-refractivity contribution is -0.117. The Morgan fingerprint density at radius 1 is 1.19 bits per heavy atom. The van der Waals surface area contributed by atoms with Gasteiger partial charge in [-0.25, -0.2) is 0 Å². The van der Waals surface area contributed by atoms with Crippen LogP contribution in [0, 0.1) is 0 Å². The lowest BCUT2D eigenvalue weighted by Crippen LogP contribution is -2.31. The number of nitrogens with two attached hydrogens (primary N) is 1. The van der Waals surface area contributed by atoms with E-state index in [2.05, 4.69) is 15.1 Å². The van der Waals surface area contributed by atoms with Crippen LogP contribution in [0.15, 0.2) is 57.6 Å². The summed E-state index contributed by atoms with van der Waals surface area (Å²) >= 11 is 13.3. The summed E-state index contributed by atoms with van der Waals surface area (Å²) < 4.78 is 5.32. The molecule has 1 amide bonds. The molecule has 2 aromatic carbocycles. The first-order valence-electron chi connectivity index (χ1n) is 9.83. The highest BCUT2D eigenvalue weighted by Gasteiger charge is 2.30. The smallest absolute Gasteiger partial charge is 0.219 e. The van der Waals surface area contributed by atoms with Crippen LogP contribution in [0.25, 0.3) is 0 Å². The minimum Gasteiger partial charge on any atom is -0.497 e. The molecule has 10 heteroatoms. The van der Waals surface area contributed by atoms with E-state index in [0.717, 1.165) is 40.8 Å². The Hall–Kier alpha value is -2.16. The Morgan fingerprint density at radius 2 is 1.90 bits per heavy atom. The molecule has 31 heavy (non-hydrogen) atoms. The molecule has 7 nitrogen and oxygen atoms in total. The fourth-order valence-corrected chi connectivity index (χ4v) is 4.78. The summed E-state index contributed by atoms with van der Waals surface area (Å²) in [6, 6.07) is 13.6. The highest BCUT2D eigenvalue weighted by molar-refractivity contribution is 8.00. The molecule has 0 aliphatic carbocycles. The van der Waals surface area contributed by atoms with Gasteiger partial charge in [0.25, 0.3) is 0 Å². The molecule has 0 spiro atoms. The Kier molecular flexibility index (Phi) is 8.69. The fourth-order valence-electron chi connectivity index (χ4n) is 3.22. The molecule has 0 bridgehead atoms. The van der Waals surface area contributed by atoms with Crippen molar-refractivity contribution in [3.05, 3.63) is 42.5 Å². The third-order valence-corrected chi connectivity index (χ3v) is 6.25. The minimum atomic E-state index is -0.350. The molecular weight excluding hydrogens is 457 g/mol. The van der Waals surface area contributed by atoms with E-state index in [1.807, 2.05) is 47.4 Å². The van der Waals surface area contributed by atoms with E-state index in [1.54, 1.807) is 18.9 Å². The normalized spacial score (nSPS) is 15.3. The molecule has 1 aliphatic heterocycles.